The molecule has 0 bridgehead atoms. The normalized spacial score (nSPS) is 38.8. The molecule has 2 unspecified atom stereocenters. The quantitative estimate of drug-likeness (QED) is 0.573. The van der Waals surface area contributed by atoms with Crippen LogP contribution in [0.4, 0.5) is 4.39 Å². The molecule has 1 heterocycles. The fourth-order valence-electron chi connectivity index (χ4n) is 1.74. The van der Waals surface area contributed by atoms with Gasteiger partial charge in [-0.2, -0.15) is 5.26 Å². The van der Waals surface area contributed by atoms with E-state index in [1.54, 1.807) is 13.6 Å². The van der Waals surface area contributed by atoms with E-state index in [0.717, 1.165) is 0 Å². The Morgan fingerprint density at radius 3 is 3.06 bits per heavy atom. The molecule has 18 heavy (non-hydrogen) atoms. The van der Waals surface area contributed by atoms with Gasteiger partial charge in [0.25, 0.3) is 0 Å². The number of rotatable bonds is 5. The summed E-state index contributed by atoms with van der Waals surface area (Å²) in [5.41, 5.74) is -1.54. The van der Waals surface area contributed by atoms with E-state index in [-0.39, 0.29) is 25.8 Å². The first-order chi connectivity index (χ1) is 8.93. The van der Waals surface area contributed by atoms with Gasteiger partial charge in [-0.05, 0) is 13.8 Å². The van der Waals surface area contributed by atoms with Crippen LogP contribution < -0.4 is 0 Å². The molecule has 1 aliphatic heterocycles. The van der Waals surface area contributed by atoms with Gasteiger partial charge in [0.15, 0.2) is 8.38 Å². The third-order valence-corrected chi connectivity index (χ3v) is 4.24. The zero-order valence-corrected chi connectivity index (χ0v) is 12.0. The van der Waals surface area contributed by atoms with Crippen LogP contribution in [0, 0.1) is 17.2 Å². The maximum atomic E-state index is 14.7. The van der Waals surface area contributed by atoms with E-state index in [9.17, 15) is 4.39 Å². The first-order valence-electron chi connectivity index (χ1n) is 6.64. The van der Waals surface area contributed by atoms with Crippen LogP contribution in [0.25, 0.3) is 0 Å². The van der Waals surface area contributed by atoms with Gasteiger partial charge >= 0.3 is 0 Å². The summed E-state index contributed by atoms with van der Waals surface area (Å²) < 4.78 is 38.6. The van der Waals surface area contributed by atoms with Crippen molar-refractivity contribution in [1.29, 1.82) is 5.26 Å². The van der Waals surface area contributed by atoms with Gasteiger partial charge in [-0.3, -0.25) is 0 Å². The summed E-state index contributed by atoms with van der Waals surface area (Å²) in [6.45, 7) is 5.52. The van der Waals surface area contributed by atoms with Gasteiger partial charge in [-0.15, -0.1) is 0 Å². The minimum absolute atomic E-state index is 0.0434. The van der Waals surface area contributed by atoms with Crippen molar-refractivity contribution in [1.82, 2.24) is 0 Å². The van der Waals surface area contributed by atoms with Crippen LogP contribution in [0.15, 0.2) is 0 Å². The van der Waals surface area contributed by atoms with Gasteiger partial charge in [0.05, 0.1) is 31.8 Å². The summed E-state index contributed by atoms with van der Waals surface area (Å²) in [7, 11) is -1.28. The highest BCUT2D eigenvalue weighted by molar-refractivity contribution is 7.46. The molecule has 0 aromatic rings. The SMILES string of the molecule is [2H]C[C@H]1OC[C@@H](C)[C@](C)(F)C1OP(C)OCCC#N. The Balaban J connectivity index is 2.62. The average molecular weight is 278 g/mol. The van der Waals surface area contributed by atoms with Crippen LogP contribution in [0.3, 0.4) is 0 Å². The van der Waals surface area contributed by atoms with Gasteiger partial charge in [0, 0.05) is 14.0 Å². The fraction of sp³-hybridized carbons (Fsp3) is 0.917. The van der Waals surface area contributed by atoms with Crippen molar-refractivity contribution in [3.8, 4) is 6.07 Å². The molecule has 1 aliphatic rings. The molecule has 0 aromatic carbocycles. The van der Waals surface area contributed by atoms with Crippen molar-refractivity contribution >= 4 is 8.38 Å². The van der Waals surface area contributed by atoms with Crippen molar-refractivity contribution in [2.75, 3.05) is 19.9 Å². The van der Waals surface area contributed by atoms with Gasteiger partial charge in [0.1, 0.15) is 11.8 Å². The lowest BCUT2D eigenvalue weighted by atomic mass is 9.83. The van der Waals surface area contributed by atoms with Crippen LogP contribution in [0.1, 0.15) is 28.5 Å². The Morgan fingerprint density at radius 2 is 2.44 bits per heavy atom. The van der Waals surface area contributed by atoms with Crippen LogP contribution in [-0.2, 0) is 13.8 Å². The lowest BCUT2D eigenvalue weighted by molar-refractivity contribution is -0.161. The Bertz CT molecular complexity index is 327. The molecule has 0 radical (unpaired) electrons. The summed E-state index contributed by atoms with van der Waals surface area (Å²) in [4.78, 5) is 0. The minimum Gasteiger partial charge on any atom is -0.375 e. The summed E-state index contributed by atoms with van der Waals surface area (Å²) in [6, 6.07) is 1.97. The monoisotopic (exact) mass is 278 g/mol. The van der Waals surface area contributed by atoms with Crippen LogP contribution in [0.2, 0.25) is 0 Å². The van der Waals surface area contributed by atoms with Crippen molar-refractivity contribution in [3.63, 3.8) is 0 Å². The lowest BCUT2D eigenvalue weighted by Gasteiger charge is -2.43. The van der Waals surface area contributed by atoms with Crippen molar-refractivity contribution < 1.29 is 19.5 Å². The molecule has 104 valence electrons. The van der Waals surface area contributed by atoms with Crippen LogP contribution in [-0.4, -0.2) is 37.8 Å². The lowest BCUT2D eigenvalue weighted by Crippen LogP contribution is -2.54. The maximum absolute atomic E-state index is 14.7. The number of hydrogen-bond donors (Lipinski definition) is 0. The molecule has 5 atom stereocenters. The highest BCUT2D eigenvalue weighted by Crippen LogP contribution is 2.44. The van der Waals surface area contributed by atoms with Gasteiger partial charge in [-0.1, -0.05) is 6.92 Å². The molecule has 0 aromatic heterocycles. The number of nitriles is 1. The molecule has 0 N–H and O–H groups in total. The molecule has 0 aliphatic carbocycles. The maximum Gasteiger partial charge on any atom is 0.167 e. The highest BCUT2D eigenvalue weighted by atomic mass is 31.2. The van der Waals surface area contributed by atoms with Crippen molar-refractivity contribution in [3.05, 3.63) is 0 Å². The molecule has 0 saturated carbocycles. The molecule has 1 fully saturated rings. The van der Waals surface area contributed by atoms with E-state index in [0.29, 0.717) is 6.61 Å². The molecule has 0 spiro atoms. The van der Waals surface area contributed by atoms with Crippen LogP contribution in [0.5, 0.6) is 0 Å². The highest BCUT2D eigenvalue weighted by Gasteiger charge is 2.48. The number of nitrogens with zero attached hydrogens (tertiary/aromatic N) is 1. The molecular formula is C12H21FNO3P. The fourth-order valence-corrected chi connectivity index (χ4v) is 2.81. The van der Waals surface area contributed by atoms with Gasteiger partial charge in [-0.25, -0.2) is 4.39 Å². The second-order valence-corrected chi connectivity index (χ2v) is 5.98. The predicted molar refractivity (Wildman–Crippen MR) is 68.0 cm³/mol. The third-order valence-electron chi connectivity index (χ3n) is 3.17. The first-order valence-corrected chi connectivity index (χ1v) is 7.56. The summed E-state index contributed by atoms with van der Waals surface area (Å²) in [6.07, 6.45) is -1.09. The standard InChI is InChI=1S/C12H21FNO3P/c1-9-8-15-10(2)11(12(9,3)13)17-18(4)16-7-5-6-14/h9-11H,5,7-8H2,1-4H3/t9-,10-,11?,12+,18?/m1/s1/i2D. The molecule has 1 rings (SSSR count). The smallest absolute Gasteiger partial charge is 0.167 e. The van der Waals surface area contributed by atoms with Gasteiger partial charge < -0.3 is 13.8 Å². The topological polar surface area (TPSA) is 51.5 Å². The number of alkyl halides is 1. The largest absolute Gasteiger partial charge is 0.375 e. The second kappa shape index (κ2) is 6.77. The van der Waals surface area contributed by atoms with E-state index >= 15 is 0 Å². The Morgan fingerprint density at radius 1 is 1.72 bits per heavy atom. The molecule has 6 heteroatoms. The molecule has 4 nitrogen and oxygen atoms in total. The van der Waals surface area contributed by atoms with E-state index < -0.39 is 26.3 Å². The zero-order valence-electron chi connectivity index (χ0n) is 12.1. The number of hydrogen-bond acceptors (Lipinski definition) is 4. The Kier molecular flexibility index (Phi) is 5.32. The summed E-state index contributed by atoms with van der Waals surface area (Å²) in [5, 5.41) is 8.43. The average Bonchev–Trinajstić information content (AvgIpc) is 2.36. The Hall–Kier alpha value is -0.270. The van der Waals surface area contributed by atoms with E-state index in [1.807, 2.05) is 6.07 Å². The number of ether oxygens (including phenoxy) is 1. The molecular weight excluding hydrogens is 256 g/mol. The first kappa shape index (κ1) is 14.1. The van der Waals surface area contributed by atoms with Crippen LogP contribution >= 0.6 is 8.38 Å². The van der Waals surface area contributed by atoms with Crippen molar-refractivity contribution in [2.24, 2.45) is 5.92 Å². The van der Waals surface area contributed by atoms with Gasteiger partial charge in [0.2, 0.25) is 0 Å². The van der Waals surface area contributed by atoms with E-state index in [2.05, 4.69) is 0 Å². The summed E-state index contributed by atoms with van der Waals surface area (Å²) >= 11 is 0. The third kappa shape index (κ3) is 3.86. The molecule has 1 saturated heterocycles. The summed E-state index contributed by atoms with van der Waals surface area (Å²) in [5.74, 6) is -0.289. The molecule has 0 amide bonds. The number of halogens is 1. The van der Waals surface area contributed by atoms with Crippen molar-refractivity contribution in [2.45, 2.75) is 45.0 Å². The van der Waals surface area contributed by atoms with E-state index in [4.69, 9.17) is 20.4 Å². The zero-order chi connectivity index (χ0) is 14.5. The predicted octanol–water partition coefficient (Wildman–Crippen LogP) is 3.03. The second-order valence-electron chi connectivity index (χ2n) is 4.63. The Labute approximate surface area is 111 Å². The minimum atomic E-state index is -1.54. The van der Waals surface area contributed by atoms with E-state index in [1.165, 1.54) is 6.92 Å².